The van der Waals surface area contributed by atoms with Crippen LogP contribution in [0.5, 0.6) is 5.75 Å². The van der Waals surface area contributed by atoms with Gasteiger partial charge in [-0.3, -0.25) is 4.79 Å². The molecule has 0 bridgehead atoms. The normalized spacial score (nSPS) is 13.6. The molecular formula is C18H19ClN2O4S. The number of carbonyl (C=O) groups excluding carboxylic acids is 1. The van der Waals surface area contributed by atoms with Crippen molar-refractivity contribution in [2.24, 2.45) is 5.14 Å². The molecule has 3 rings (SSSR count). The Bertz CT molecular complexity index is 927. The minimum Gasteiger partial charge on any atom is -0.492 e. The quantitative estimate of drug-likeness (QED) is 0.812. The number of rotatable bonds is 5. The van der Waals surface area contributed by atoms with Crippen molar-refractivity contribution < 1.29 is 17.9 Å². The van der Waals surface area contributed by atoms with E-state index in [1.54, 1.807) is 24.3 Å². The van der Waals surface area contributed by atoms with Crippen LogP contribution in [-0.4, -0.2) is 27.5 Å². The van der Waals surface area contributed by atoms with E-state index in [0.717, 1.165) is 24.0 Å². The molecule has 3 N–H and O–H groups in total. The topological polar surface area (TPSA) is 98.5 Å². The number of carbonyl (C=O) groups is 1. The van der Waals surface area contributed by atoms with Crippen molar-refractivity contribution >= 4 is 27.5 Å². The number of hydrogen-bond acceptors (Lipinski definition) is 4. The van der Waals surface area contributed by atoms with E-state index in [1.165, 1.54) is 12.1 Å². The predicted octanol–water partition coefficient (Wildman–Crippen LogP) is 2.28. The molecule has 0 aliphatic carbocycles. The Morgan fingerprint density at radius 1 is 1.19 bits per heavy atom. The average molecular weight is 395 g/mol. The molecule has 6 nitrogen and oxygen atoms in total. The number of fused-ring (bicyclic) bond motifs is 1. The molecule has 2 aromatic rings. The van der Waals surface area contributed by atoms with Crippen molar-refractivity contribution in [3.8, 4) is 5.75 Å². The Balaban J connectivity index is 1.63. The number of nitrogens with two attached hydrogens (primary N) is 1. The van der Waals surface area contributed by atoms with E-state index < -0.39 is 10.0 Å². The molecule has 1 aliphatic rings. The summed E-state index contributed by atoms with van der Waals surface area (Å²) in [6, 6.07) is 9.66. The third-order valence-corrected chi connectivity index (χ3v) is 5.50. The first-order valence-electron chi connectivity index (χ1n) is 8.20. The number of nitrogens with one attached hydrogen (secondary N) is 1. The van der Waals surface area contributed by atoms with Crippen molar-refractivity contribution in [3.05, 3.63) is 58.1 Å². The van der Waals surface area contributed by atoms with Gasteiger partial charge in [0, 0.05) is 17.1 Å². The van der Waals surface area contributed by atoms with Crippen LogP contribution in [0.3, 0.4) is 0 Å². The van der Waals surface area contributed by atoms with E-state index in [2.05, 4.69) is 5.32 Å². The van der Waals surface area contributed by atoms with E-state index >= 15 is 0 Å². The Kier molecular flexibility index (Phi) is 5.50. The second-order valence-electron chi connectivity index (χ2n) is 6.05. The molecule has 0 aromatic heterocycles. The van der Waals surface area contributed by atoms with Gasteiger partial charge in [-0.1, -0.05) is 23.7 Å². The molecule has 0 saturated heterocycles. The minimum atomic E-state index is -3.70. The summed E-state index contributed by atoms with van der Waals surface area (Å²) in [5.74, 6) is 0.347. The summed E-state index contributed by atoms with van der Waals surface area (Å²) in [4.78, 5) is 12.5. The number of ether oxygens (including phenoxy) is 1. The van der Waals surface area contributed by atoms with Crippen molar-refractivity contribution in [2.75, 3.05) is 13.2 Å². The molecule has 0 unspecified atom stereocenters. The van der Waals surface area contributed by atoms with E-state index in [0.29, 0.717) is 35.9 Å². The molecule has 138 valence electrons. The number of sulfonamides is 1. The zero-order valence-corrected chi connectivity index (χ0v) is 15.6. The van der Waals surface area contributed by atoms with Crippen molar-refractivity contribution in [2.45, 2.75) is 24.2 Å². The van der Waals surface area contributed by atoms with Gasteiger partial charge in [0.1, 0.15) is 5.75 Å². The summed E-state index contributed by atoms with van der Waals surface area (Å²) in [5.41, 5.74) is 2.25. The summed E-state index contributed by atoms with van der Waals surface area (Å²) in [6.45, 7) is 0.981. The lowest BCUT2D eigenvalue weighted by molar-refractivity contribution is 0.0949. The summed E-state index contributed by atoms with van der Waals surface area (Å²) < 4.78 is 28.1. The fourth-order valence-electron chi connectivity index (χ4n) is 2.86. The molecule has 0 atom stereocenters. The van der Waals surface area contributed by atoms with Gasteiger partial charge in [-0.2, -0.15) is 0 Å². The summed E-state index contributed by atoms with van der Waals surface area (Å²) in [6.07, 6.45) is 2.24. The maximum absolute atomic E-state index is 12.5. The van der Waals surface area contributed by atoms with Crippen LogP contribution in [0.2, 0.25) is 5.02 Å². The van der Waals surface area contributed by atoms with Crippen LogP contribution in [0.15, 0.2) is 41.3 Å². The van der Waals surface area contributed by atoms with Crippen LogP contribution in [0.25, 0.3) is 0 Å². The van der Waals surface area contributed by atoms with Crippen molar-refractivity contribution in [3.63, 3.8) is 0 Å². The van der Waals surface area contributed by atoms with Crippen LogP contribution in [-0.2, 0) is 22.9 Å². The van der Waals surface area contributed by atoms with Gasteiger partial charge < -0.3 is 10.1 Å². The fraction of sp³-hybridized carbons (Fsp3) is 0.278. The largest absolute Gasteiger partial charge is 0.492 e. The van der Waals surface area contributed by atoms with Crippen LogP contribution in [0.4, 0.5) is 0 Å². The highest BCUT2D eigenvalue weighted by Gasteiger charge is 2.21. The van der Waals surface area contributed by atoms with Gasteiger partial charge in [-0.25, -0.2) is 13.6 Å². The van der Waals surface area contributed by atoms with E-state index in [4.69, 9.17) is 21.5 Å². The van der Waals surface area contributed by atoms with Crippen LogP contribution < -0.4 is 15.2 Å². The first-order valence-corrected chi connectivity index (χ1v) is 10.1. The molecule has 2 aromatic carbocycles. The number of hydrogen-bond donors (Lipinski definition) is 2. The van der Waals surface area contributed by atoms with Gasteiger partial charge in [-0.05, 0) is 49.1 Å². The van der Waals surface area contributed by atoms with Gasteiger partial charge in [0.2, 0.25) is 10.0 Å². The Labute approximate surface area is 157 Å². The summed E-state index contributed by atoms with van der Waals surface area (Å²) >= 11 is 6.18. The average Bonchev–Trinajstić information content (AvgIpc) is 2.62. The number of primary sulfonamides is 1. The summed E-state index contributed by atoms with van der Waals surface area (Å²) in [5, 5.41) is 8.55. The third-order valence-electron chi connectivity index (χ3n) is 4.22. The highest BCUT2D eigenvalue weighted by molar-refractivity contribution is 7.89. The molecule has 8 heteroatoms. The zero-order valence-electron chi connectivity index (χ0n) is 14.0. The molecule has 0 radical (unpaired) electrons. The molecular weight excluding hydrogens is 376 g/mol. The number of halogens is 1. The maximum atomic E-state index is 12.5. The maximum Gasteiger partial charge on any atom is 0.255 e. The number of benzene rings is 2. The van der Waals surface area contributed by atoms with Crippen molar-refractivity contribution in [1.29, 1.82) is 0 Å². The van der Waals surface area contributed by atoms with E-state index in [-0.39, 0.29) is 10.8 Å². The lowest BCUT2D eigenvalue weighted by atomic mass is 10.0. The molecule has 1 amide bonds. The first-order chi connectivity index (χ1) is 12.4. The first kappa shape index (κ1) is 18.7. The third kappa shape index (κ3) is 4.17. The summed E-state index contributed by atoms with van der Waals surface area (Å²) in [7, 11) is -3.70. The highest BCUT2D eigenvalue weighted by Crippen LogP contribution is 2.34. The molecule has 0 fully saturated rings. The standard InChI is InChI=1S/C18H19ClN2O4S/c19-16-8-7-15(17-14(16)2-1-11-25-17)18(22)21-10-9-12-3-5-13(6-4-12)26(20,23)24/h3-8H,1-2,9-11H2,(H,21,22)(H2,20,23,24). The smallest absolute Gasteiger partial charge is 0.255 e. The predicted molar refractivity (Wildman–Crippen MR) is 99.1 cm³/mol. The Morgan fingerprint density at radius 3 is 2.62 bits per heavy atom. The van der Waals surface area contributed by atoms with Gasteiger partial charge in [0.05, 0.1) is 17.1 Å². The molecule has 1 heterocycles. The van der Waals surface area contributed by atoms with Crippen LogP contribution >= 0.6 is 11.6 Å². The molecule has 0 spiro atoms. The van der Waals surface area contributed by atoms with Gasteiger partial charge >= 0.3 is 0 Å². The zero-order chi connectivity index (χ0) is 18.7. The van der Waals surface area contributed by atoms with Gasteiger partial charge in [0.25, 0.3) is 5.91 Å². The Morgan fingerprint density at radius 2 is 1.92 bits per heavy atom. The monoisotopic (exact) mass is 394 g/mol. The van der Waals surface area contributed by atoms with E-state index in [9.17, 15) is 13.2 Å². The minimum absolute atomic E-state index is 0.0650. The second-order valence-corrected chi connectivity index (χ2v) is 8.02. The SMILES string of the molecule is NS(=O)(=O)c1ccc(CCNC(=O)c2ccc(Cl)c3c2OCCC3)cc1. The second kappa shape index (κ2) is 7.65. The van der Waals surface area contributed by atoms with Crippen LogP contribution in [0, 0.1) is 0 Å². The Hall–Kier alpha value is -2.09. The van der Waals surface area contributed by atoms with Gasteiger partial charge in [0.15, 0.2) is 0 Å². The molecule has 0 saturated carbocycles. The molecule has 1 aliphatic heterocycles. The number of amides is 1. The highest BCUT2D eigenvalue weighted by atomic mass is 35.5. The fourth-order valence-corrected chi connectivity index (χ4v) is 3.62. The van der Waals surface area contributed by atoms with Crippen molar-refractivity contribution in [1.82, 2.24) is 5.32 Å². The lowest BCUT2D eigenvalue weighted by Gasteiger charge is -2.21. The molecule has 26 heavy (non-hydrogen) atoms. The van der Waals surface area contributed by atoms with E-state index in [1.807, 2.05) is 0 Å². The van der Waals surface area contributed by atoms with Gasteiger partial charge in [-0.15, -0.1) is 0 Å². The lowest BCUT2D eigenvalue weighted by Crippen LogP contribution is -2.27. The van der Waals surface area contributed by atoms with Crippen LogP contribution in [0.1, 0.15) is 27.9 Å².